The van der Waals surface area contributed by atoms with Crippen LogP contribution in [0.4, 0.5) is 0 Å². The zero-order valence-electron chi connectivity index (χ0n) is 32.1. The highest BCUT2D eigenvalue weighted by Gasteiger charge is 2.21. The fourth-order valence-corrected chi connectivity index (χ4v) is 6.49. The number of esters is 2. The normalized spacial score (nSPS) is 13.5. The minimum absolute atomic E-state index is 0.00874. The molecule has 2 atom stereocenters. The van der Waals surface area contributed by atoms with E-state index >= 15 is 0 Å². The smallest absolute Gasteiger partial charge is 0.306 e. The van der Waals surface area contributed by atoms with Gasteiger partial charge in [0.2, 0.25) is 0 Å². The van der Waals surface area contributed by atoms with Crippen molar-refractivity contribution in [1.29, 1.82) is 0 Å². The number of hydrogen-bond donors (Lipinski definition) is 0. The summed E-state index contributed by atoms with van der Waals surface area (Å²) < 4.78 is 32.6. The number of rotatable bonds is 38. The van der Waals surface area contributed by atoms with Crippen LogP contribution in [0, 0.1) is 0 Å². The molecule has 0 aliphatic carbocycles. The Kier molecular flexibility index (Phi) is 35.7. The van der Waals surface area contributed by atoms with E-state index in [1.54, 1.807) is 6.92 Å². The molecule has 0 spiro atoms. The molecule has 0 saturated heterocycles. The summed E-state index contributed by atoms with van der Waals surface area (Å²) in [4.78, 5) is 36.9. The van der Waals surface area contributed by atoms with E-state index in [4.69, 9.17) is 18.5 Å². The van der Waals surface area contributed by atoms with Crippen LogP contribution in [0.2, 0.25) is 0 Å². The first-order valence-corrected chi connectivity index (χ1v) is 21.9. The lowest BCUT2D eigenvalue weighted by Crippen LogP contribution is -2.30. The average Bonchev–Trinajstić information content (AvgIpc) is 3.08. The Labute approximate surface area is 301 Å². The molecule has 0 rings (SSSR count). The van der Waals surface area contributed by atoms with Gasteiger partial charge in [0.1, 0.15) is 6.61 Å². The molecule has 0 aromatic heterocycles. The van der Waals surface area contributed by atoms with Gasteiger partial charge in [0.25, 0.3) is 7.82 Å². The van der Waals surface area contributed by atoms with Gasteiger partial charge in [-0.25, -0.2) is 0 Å². The maximum Gasteiger partial charge on any atom is 0.306 e. The van der Waals surface area contributed by atoms with Crippen LogP contribution in [0.5, 0.6) is 0 Å². The topological polar surface area (TPSA) is 111 Å². The largest absolute Gasteiger partial charge is 0.756 e. The van der Waals surface area contributed by atoms with E-state index < -0.39 is 26.5 Å². The highest BCUT2D eigenvalue weighted by Crippen LogP contribution is 2.38. The second kappa shape index (κ2) is 36.6. The third-order valence-electron chi connectivity index (χ3n) is 8.73. The molecule has 49 heavy (non-hydrogen) atoms. The predicted molar refractivity (Wildman–Crippen MR) is 200 cm³/mol. The van der Waals surface area contributed by atoms with Crippen LogP contribution >= 0.6 is 7.82 Å². The Balaban J connectivity index is 4.17. The fourth-order valence-electron chi connectivity index (χ4n) is 5.66. The van der Waals surface area contributed by atoms with Crippen molar-refractivity contribution in [1.82, 2.24) is 0 Å². The molecule has 0 amide bonds. The van der Waals surface area contributed by atoms with E-state index in [1.165, 1.54) is 109 Å². The molecule has 0 saturated carbocycles. The molecule has 290 valence electrons. The van der Waals surface area contributed by atoms with Gasteiger partial charge in [-0.3, -0.25) is 14.2 Å². The number of ether oxygens (including phenoxy) is 2. The summed E-state index contributed by atoms with van der Waals surface area (Å²) >= 11 is 0. The van der Waals surface area contributed by atoms with Crippen molar-refractivity contribution < 1.29 is 37.6 Å². The summed E-state index contributed by atoms with van der Waals surface area (Å²) in [5, 5.41) is 0. The molecule has 0 fully saturated rings. The van der Waals surface area contributed by atoms with Crippen molar-refractivity contribution in [3.05, 3.63) is 12.2 Å². The summed E-state index contributed by atoms with van der Waals surface area (Å²) in [5.41, 5.74) is 0. The van der Waals surface area contributed by atoms with Crippen molar-refractivity contribution in [2.24, 2.45) is 0 Å². The molecular formula is C40H76O8P-. The first-order valence-electron chi connectivity index (χ1n) is 20.4. The third kappa shape index (κ3) is 36.4. The molecule has 0 aliphatic rings. The van der Waals surface area contributed by atoms with Crippen LogP contribution < -0.4 is 4.89 Å². The molecule has 2 unspecified atom stereocenters. The summed E-state index contributed by atoms with van der Waals surface area (Å²) in [6.07, 6.45) is 35.8. The van der Waals surface area contributed by atoms with Crippen LogP contribution in [-0.2, 0) is 32.7 Å². The Morgan fingerprint density at radius 1 is 0.531 bits per heavy atom. The lowest BCUT2D eigenvalue weighted by atomic mass is 10.0. The van der Waals surface area contributed by atoms with E-state index in [0.717, 1.165) is 51.4 Å². The first kappa shape index (κ1) is 47.8. The minimum atomic E-state index is -4.54. The van der Waals surface area contributed by atoms with E-state index in [9.17, 15) is 19.0 Å². The molecule has 0 N–H and O–H groups in total. The van der Waals surface area contributed by atoms with Gasteiger partial charge >= 0.3 is 11.9 Å². The van der Waals surface area contributed by atoms with Crippen molar-refractivity contribution in [3.8, 4) is 0 Å². The Morgan fingerprint density at radius 3 is 1.41 bits per heavy atom. The molecule has 8 nitrogen and oxygen atoms in total. The highest BCUT2D eigenvalue weighted by molar-refractivity contribution is 7.45. The standard InChI is InChI=1S/C40H77O8P/c1-4-7-9-11-13-15-17-19-20-22-23-25-27-29-31-33-39(41)45-36-38(37-47-49(43,44)46-35-6-3)48-40(42)34-32-30-28-26-24-21-18-16-14-12-10-8-5-2/h16,18,38H,4-15,17,19-37H2,1-3H3,(H,43,44)/p-1/b18-16-. The van der Waals surface area contributed by atoms with Gasteiger partial charge in [0, 0.05) is 12.8 Å². The van der Waals surface area contributed by atoms with Gasteiger partial charge in [-0.15, -0.1) is 0 Å². The second-order valence-electron chi connectivity index (χ2n) is 13.7. The Hall–Kier alpha value is -1.21. The number of hydrogen-bond acceptors (Lipinski definition) is 8. The van der Waals surface area contributed by atoms with Gasteiger partial charge in [0.05, 0.1) is 13.2 Å². The summed E-state index contributed by atoms with van der Waals surface area (Å²) in [5.74, 6) is -0.831. The number of carbonyl (C=O) groups excluding carboxylic acids is 2. The number of phosphoric ester groups is 1. The predicted octanol–water partition coefficient (Wildman–Crippen LogP) is 11.9. The van der Waals surface area contributed by atoms with Crippen LogP contribution in [-0.4, -0.2) is 37.9 Å². The van der Waals surface area contributed by atoms with Crippen molar-refractivity contribution in [3.63, 3.8) is 0 Å². The maximum absolute atomic E-state index is 12.5. The van der Waals surface area contributed by atoms with Crippen molar-refractivity contribution in [2.45, 2.75) is 213 Å². The van der Waals surface area contributed by atoms with Gasteiger partial charge in [-0.1, -0.05) is 161 Å². The highest BCUT2D eigenvalue weighted by atomic mass is 31.2. The molecule has 0 bridgehead atoms. The molecular weight excluding hydrogens is 639 g/mol. The number of unbranched alkanes of at least 4 members (excludes halogenated alkanes) is 23. The third-order valence-corrected chi connectivity index (χ3v) is 9.69. The molecule has 0 aromatic carbocycles. The minimum Gasteiger partial charge on any atom is -0.756 e. The zero-order chi connectivity index (χ0) is 36.1. The van der Waals surface area contributed by atoms with Crippen LogP contribution in [0.25, 0.3) is 0 Å². The Bertz CT molecular complexity index is 818. The van der Waals surface area contributed by atoms with Crippen LogP contribution in [0.3, 0.4) is 0 Å². The van der Waals surface area contributed by atoms with E-state index in [2.05, 4.69) is 26.0 Å². The average molecular weight is 716 g/mol. The van der Waals surface area contributed by atoms with Crippen LogP contribution in [0.15, 0.2) is 12.2 Å². The lowest BCUT2D eigenvalue weighted by Gasteiger charge is -2.25. The molecule has 9 heteroatoms. The maximum atomic E-state index is 12.5. The second-order valence-corrected chi connectivity index (χ2v) is 15.1. The summed E-state index contributed by atoms with van der Waals surface area (Å²) in [6, 6.07) is 0. The lowest BCUT2D eigenvalue weighted by molar-refractivity contribution is -0.228. The SMILES string of the molecule is CCCCCC/C=C\CCCCCCCC(=O)OC(COC(=O)CCCCCCCCCCCCCCCCC)COP(=O)([O-])OCCC. The number of carbonyl (C=O) groups is 2. The molecule has 0 heterocycles. The zero-order valence-corrected chi connectivity index (χ0v) is 33.0. The van der Waals surface area contributed by atoms with Crippen LogP contribution in [0.1, 0.15) is 207 Å². The van der Waals surface area contributed by atoms with E-state index in [-0.39, 0.29) is 32.0 Å². The van der Waals surface area contributed by atoms with Gasteiger partial charge in [-0.2, -0.15) is 0 Å². The van der Waals surface area contributed by atoms with Gasteiger partial charge in [0.15, 0.2) is 6.10 Å². The number of phosphoric acid groups is 1. The molecule has 0 radical (unpaired) electrons. The Morgan fingerprint density at radius 2 is 0.939 bits per heavy atom. The summed E-state index contributed by atoms with van der Waals surface area (Å²) in [7, 11) is -4.54. The fraction of sp³-hybridized carbons (Fsp3) is 0.900. The molecule has 0 aliphatic heterocycles. The number of allylic oxidation sites excluding steroid dienone is 2. The first-order chi connectivity index (χ1) is 23.8. The van der Waals surface area contributed by atoms with Crippen molar-refractivity contribution in [2.75, 3.05) is 19.8 Å². The summed E-state index contributed by atoms with van der Waals surface area (Å²) in [6.45, 7) is 5.59. The molecule has 0 aromatic rings. The van der Waals surface area contributed by atoms with E-state index in [1.807, 2.05) is 0 Å². The monoisotopic (exact) mass is 716 g/mol. The quantitative estimate of drug-likeness (QED) is 0.0269. The van der Waals surface area contributed by atoms with Gasteiger partial charge < -0.3 is 23.4 Å². The van der Waals surface area contributed by atoms with Crippen molar-refractivity contribution >= 4 is 19.8 Å². The van der Waals surface area contributed by atoms with E-state index in [0.29, 0.717) is 12.8 Å². The van der Waals surface area contributed by atoms with Gasteiger partial charge in [-0.05, 0) is 44.9 Å².